The molecule has 2 aromatic heterocycles. The fraction of sp³-hybridized carbons (Fsp3) is 0.226. The number of carbonyl (C=O) groups excluding carboxylic acids is 2. The van der Waals surface area contributed by atoms with Crippen molar-refractivity contribution >= 4 is 29.2 Å². The van der Waals surface area contributed by atoms with Crippen LogP contribution in [0.4, 0.5) is 18.9 Å². The predicted molar refractivity (Wildman–Crippen MR) is 150 cm³/mol. The summed E-state index contributed by atoms with van der Waals surface area (Å²) < 4.78 is 49.7. The number of ether oxygens (including phenoxy) is 1. The van der Waals surface area contributed by atoms with E-state index < -0.39 is 34.9 Å². The third kappa shape index (κ3) is 5.94. The lowest BCUT2D eigenvalue weighted by Crippen LogP contribution is -2.34. The summed E-state index contributed by atoms with van der Waals surface area (Å²) in [6.07, 6.45) is 3.50. The van der Waals surface area contributed by atoms with Gasteiger partial charge in [-0.3, -0.25) is 14.6 Å². The summed E-state index contributed by atoms with van der Waals surface area (Å²) in [5.74, 6) is -3.96. The molecule has 1 unspecified atom stereocenters. The topological polar surface area (TPSA) is 95.2 Å². The Bertz CT molecular complexity index is 1700. The second-order valence-corrected chi connectivity index (χ2v) is 10.4. The van der Waals surface area contributed by atoms with Crippen molar-refractivity contribution in [2.75, 3.05) is 12.4 Å². The molecule has 0 fully saturated rings. The third-order valence-corrected chi connectivity index (χ3v) is 7.54. The van der Waals surface area contributed by atoms with Gasteiger partial charge in [0.1, 0.15) is 11.6 Å². The number of nitrogens with one attached hydrogen (secondary N) is 1. The number of halogens is 4. The van der Waals surface area contributed by atoms with Gasteiger partial charge < -0.3 is 15.3 Å². The predicted octanol–water partition coefficient (Wildman–Crippen LogP) is 6.48. The van der Waals surface area contributed by atoms with E-state index >= 15 is 4.39 Å². The number of aromatic nitrogens is 2. The summed E-state index contributed by atoms with van der Waals surface area (Å²) in [6, 6.07) is 11.4. The monoisotopic (exact) mass is 595 g/mol. The van der Waals surface area contributed by atoms with Crippen LogP contribution in [0.25, 0.3) is 22.4 Å². The molecule has 2 bridgehead atoms. The SMILES string of the molecule is COC(=O)Cc1ccc2c(c1)NC(=O)CCCCC(c1ccc(-c3c(F)ccc(Cl)c3F)c[n+]1[O-])c1cc-2ncc1F. The summed E-state index contributed by atoms with van der Waals surface area (Å²) in [5, 5.41) is 15.9. The Kier molecular flexibility index (Phi) is 8.44. The zero-order valence-corrected chi connectivity index (χ0v) is 23.2. The highest BCUT2D eigenvalue weighted by atomic mass is 35.5. The summed E-state index contributed by atoms with van der Waals surface area (Å²) in [4.78, 5) is 28.8. The van der Waals surface area contributed by atoms with Crippen LogP contribution in [-0.4, -0.2) is 24.0 Å². The number of rotatable bonds is 4. The van der Waals surface area contributed by atoms with E-state index in [0.29, 0.717) is 46.5 Å². The highest BCUT2D eigenvalue weighted by molar-refractivity contribution is 6.31. The number of pyridine rings is 2. The molecule has 1 atom stereocenters. The highest BCUT2D eigenvalue weighted by Crippen LogP contribution is 2.37. The maximum Gasteiger partial charge on any atom is 0.309 e. The van der Waals surface area contributed by atoms with Crippen LogP contribution in [0.15, 0.2) is 60.9 Å². The van der Waals surface area contributed by atoms with Crippen LogP contribution in [-0.2, 0) is 20.7 Å². The Morgan fingerprint density at radius 2 is 1.93 bits per heavy atom. The molecular weight excluding hydrogens is 571 g/mol. The minimum atomic E-state index is -0.994. The van der Waals surface area contributed by atoms with Crippen molar-refractivity contribution in [3.8, 4) is 22.4 Å². The van der Waals surface area contributed by atoms with Gasteiger partial charge in [-0.15, -0.1) is 0 Å². The van der Waals surface area contributed by atoms with Gasteiger partial charge in [-0.25, -0.2) is 13.2 Å². The highest BCUT2D eigenvalue weighted by Gasteiger charge is 2.28. The minimum Gasteiger partial charge on any atom is -0.618 e. The molecule has 1 aliphatic heterocycles. The van der Waals surface area contributed by atoms with E-state index in [4.69, 9.17) is 16.3 Å². The molecule has 0 saturated heterocycles. The Balaban J connectivity index is 1.60. The number of esters is 1. The van der Waals surface area contributed by atoms with Gasteiger partial charge in [0.15, 0.2) is 17.7 Å². The number of nitrogens with zero attached hydrogens (tertiary/aromatic N) is 2. The van der Waals surface area contributed by atoms with Crippen molar-refractivity contribution in [3.63, 3.8) is 0 Å². The van der Waals surface area contributed by atoms with E-state index in [9.17, 15) is 23.6 Å². The maximum atomic E-state index is 15.4. The van der Waals surface area contributed by atoms with Gasteiger partial charge in [-0.2, -0.15) is 4.73 Å². The lowest BCUT2D eigenvalue weighted by Gasteiger charge is -2.20. The van der Waals surface area contributed by atoms with Crippen LogP contribution < -0.4 is 10.0 Å². The summed E-state index contributed by atoms with van der Waals surface area (Å²) in [6.45, 7) is 0. The van der Waals surface area contributed by atoms with Crippen molar-refractivity contribution in [1.29, 1.82) is 0 Å². The first-order valence-electron chi connectivity index (χ1n) is 13.2. The van der Waals surface area contributed by atoms with E-state index in [2.05, 4.69) is 10.3 Å². The number of amides is 1. The number of fused-ring (bicyclic) bond motifs is 4. The minimum absolute atomic E-state index is 0.00764. The van der Waals surface area contributed by atoms with Crippen molar-refractivity contribution in [2.45, 2.75) is 38.0 Å². The molecule has 3 heterocycles. The molecule has 4 aromatic rings. The normalized spacial score (nSPS) is 15.2. The average molecular weight is 596 g/mol. The van der Waals surface area contributed by atoms with E-state index in [1.54, 1.807) is 18.2 Å². The molecule has 5 rings (SSSR count). The summed E-state index contributed by atoms with van der Waals surface area (Å²) in [5.41, 5.74) is 1.74. The Morgan fingerprint density at radius 1 is 1.12 bits per heavy atom. The molecule has 0 radical (unpaired) electrons. The quantitative estimate of drug-likeness (QED) is 0.126. The van der Waals surface area contributed by atoms with Crippen molar-refractivity contribution in [3.05, 3.63) is 105 Å². The lowest BCUT2D eigenvalue weighted by molar-refractivity contribution is -0.614. The number of hydrogen-bond donors (Lipinski definition) is 1. The second-order valence-electron chi connectivity index (χ2n) is 9.96. The molecule has 1 aliphatic rings. The summed E-state index contributed by atoms with van der Waals surface area (Å²) in [7, 11) is 1.28. The number of anilines is 1. The van der Waals surface area contributed by atoms with Gasteiger partial charge in [-0.1, -0.05) is 30.2 Å². The molecule has 216 valence electrons. The number of methoxy groups -OCH3 is 1. The second kappa shape index (κ2) is 12.2. The molecule has 42 heavy (non-hydrogen) atoms. The lowest BCUT2D eigenvalue weighted by atomic mass is 9.88. The Morgan fingerprint density at radius 3 is 2.69 bits per heavy atom. The molecule has 0 saturated carbocycles. The van der Waals surface area contributed by atoms with Crippen LogP contribution in [0.1, 0.15) is 48.4 Å². The summed E-state index contributed by atoms with van der Waals surface area (Å²) >= 11 is 5.83. The molecule has 0 aliphatic carbocycles. The van der Waals surface area contributed by atoms with Crippen LogP contribution in [0, 0.1) is 22.7 Å². The maximum absolute atomic E-state index is 15.4. The smallest absolute Gasteiger partial charge is 0.309 e. The molecule has 11 heteroatoms. The Hall–Kier alpha value is -4.44. The van der Waals surface area contributed by atoms with Crippen LogP contribution in [0.3, 0.4) is 0 Å². The standard InChI is InChI=1S/C31H25ClF3N3O4/c1-42-29(40)13-17-6-8-20-25-14-21(24(34)15-36-25)19(4-2-3-5-28(39)37-26(20)12-17)27-11-7-18(16-38(27)41)30-23(33)10-9-22(32)31(30)35/h6-12,14-16,19H,2-5,13H2,1H3,(H,37,39). The number of carbonyl (C=O) groups is 2. The van der Waals surface area contributed by atoms with E-state index in [1.165, 1.54) is 25.3 Å². The van der Waals surface area contributed by atoms with Crippen molar-refractivity contribution in [2.24, 2.45) is 0 Å². The molecular formula is C31H25ClF3N3O4. The fourth-order valence-electron chi connectivity index (χ4n) is 5.15. The molecule has 0 spiro atoms. The van der Waals surface area contributed by atoms with Gasteiger partial charge in [-0.05, 0) is 48.7 Å². The van der Waals surface area contributed by atoms with Crippen LogP contribution >= 0.6 is 11.6 Å². The van der Waals surface area contributed by atoms with Crippen LogP contribution in [0.5, 0.6) is 0 Å². The van der Waals surface area contributed by atoms with E-state index in [0.717, 1.165) is 24.5 Å². The van der Waals surface area contributed by atoms with Gasteiger partial charge in [0.25, 0.3) is 0 Å². The van der Waals surface area contributed by atoms with Gasteiger partial charge in [0.2, 0.25) is 5.91 Å². The molecule has 1 N–H and O–H groups in total. The first-order chi connectivity index (χ1) is 20.2. The van der Waals surface area contributed by atoms with E-state index in [1.807, 2.05) is 0 Å². The molecule has 2 aromatic carbocycles. The Labute approximate surface area is 244 Å². The number of hydrogen-bond acceptors (Lipinski definition) is 5. The first kappa shape index (κ1) is 29.1. The number of benzene rings is 2. The van der Waals surface area contributed by atoms with Crippen molar-refractivity contribution < 1.29 is 32.2 Å². The molecule has 1 amide bonds. The fourth-order valence-corrected chi connectivity index (χ4v) is 5.30. The zero-order valence-electron chi connectivity index (χ0n) is 22.4. The van der Waals surface area contributed by atoms with Gasteiger partial charge in [0.05, 0.1) is 53.2 Å². The largest absolute Gasteiger partial charge is 0.618 e. The molecule has 7 nitrogen and oxygen atoms in total. The van der Waals surface area contributed by atoms with Gasteiger partial charge >= 0.3 is 5.97 Å². The first-order valence-corrected chi connectivity index (χ1v) is 13.6. The zero-order chi connectivity index (χ0) is 30.0. The third-order valence-electron chi connectivity index (χ3n) is 7.25. The van der Waals surface area contributed by atoms with E-state index in [-0.39, 0.29) is 40.6 Å². The van der Waals surface area contributed by atoms with Crippen LogP contribution in [0.2, 0.25) is 5.02 Å². The van der Waals surface area contributed by atoms with Crippen molar-refractivity contribution in [1.82, 2.24) is 4.98 Å². The van der Waals surface area contributed by atoms with Gasteiger partial charge in [0, 0.05) is 23.6 Å². The average Bonchev–Trinajstić information content (AvgIpc) is 2.96.